The quantitative estimate of drug-likeness (QED) is 0.226. The molecule has 1 atom stereocenters. The highest BCUT2D eigenvalue weighted by Gasteiger charge is 2.26. The van der Waals surface area contributed by atoms with Crippen molar-refractivity contribution in [3.63, 3.8) is 0 Å². The van der Waals surface area contributed by atoms with Crippen LogP contribution >= 0.6 is 0 Å². The van der Waals surface area contributed by atoms with Crippen LogP contribution in [-0.4, -0.2) is 70.7 Å². The molecule has 1 N–H and O–H groups in total. The van der Waals surface area contributed by atoms with Gasteiger partial charge in [-0.25, -0.2) is 0 Å². The summed E-state index contributed by atoms with van der Waals surface area (Å²) in [5.41, 5.74) is 6.22. The minimum atomic E-state index is 0.340. The zero-order valence-corrected chi connectivity index (χ0v) is 25.3. The van der Waals surface area contributed by atoms with E-state index in [0.29, 0.717) is 18.3 Å². The van der Waals surface area contributed by atoms with Crippen LogP contribution in [0.4, 0.5) is 5.69 Å². The smallest absolute Gasteiger partial charge is 0.162 e. The zero-order valence-electron chi connectivity index (χ0n) is 25.3. The van der Waals surface area contributed by atoms with E-state index in [0.717, 1.165) is 75.9 Å². The highest BCUT2D eigenvalue weighted by molar-refractivity contribution is 5.64. The lowest BCUT2D eigenvalue weighted by molar-refractivity contribution is 0.116. The van der Waals surface area contributed by atoms with Crippen molar-refractivity contribution >= 4 is 5.69 Å². The van der Waals surface area contributed by atoms with Crippen LogP contribution in [0.1, 0.15) is 48.4 Å². The third kappa shape index (κ3) is 8.08. The van der Waals surface area contributed by atoms with Gasteiger partial charge in [-0.2, -0.15) is 0 Å². The summed E-state index contributed by atoms with van der Waals surface area (Å²) in [6.45, 7) is 9.73. The Morgan fingerprint density at radius 2 is 1.61 bits per heavy atom. The van der Waals surface area contributed by atoms with Gasteiger partial charge >= 0.3 is 0 Å². The molecule has 0 aromatic heterocycles. The predicted octanol–water partition coefficient (Wildman–Crippen LogP) is 6.06. The molecule has 41 heavy (non-hydrogen) atoms. The average Bonchev–Trinajstić information content (AvgIpc) is 2.99. The molecule has 4 rings (SSSR count). The summed E-state index contributed by atoms with van der Waals surface area (Å²) < 4.78 is 22.9. The summed E-state index contributed by atoms with van der Waals surface area (Å²) in [5, 5.41) is 9.95. The first-order valence-corrected chi connectivity index (χ1v) is 14.7. The van der Waals surface area contributed by atoms with E-state index in [9.17, 15) is 5.11 Å². The highest BCUT2D eigenvalue weighted by Crippen LogP contribution is 2.43. The first-order chi connectivity index (χ1) is 19.9. The van der Waals surface area contributed by atoms with Crippen molar-refractivity contribution in [2.24, 2.45) is 0 Å². The van der Waals surface area contributed by atoms with E-state index in [2.05, 4.69) is 66.2 Å². The average molecular weight is 563 g/mol. The SMILES string of the molecule is CCOCCN(C)CCOc1ccc(CN(CC)c2cc(OC)c(OC)cc2[C@@H]2CCc3cc(O)ccc3C2)cc1. The van der Waals surface area contributed by atoms with Gasteiger partial charge in [-0.1, -0.05) is 18.2 Å². The number of hydrogen-bond acceptors (Lipinski definition) is 7. The topological polar surface area (TPSA) is 63.6 Å². The lowest BCUT2D eigenvalue weighted by Gasteiger charge is -2.32. The van der Waals surface area contributed by atoms with Gasteiger partial charge in [-0.15, -0.1) is 0 Å². The van der Waals surface area contributed by atoms with Gasteiger partial charge in [-0.3, -0.25) is 0 Å². The molecule has 222 valence electrons. The fourth-order valence-corrected chi connectivity index (χ4v) is 5.57. The van der Waals surface area contributed by atoms with Gasteiger partial charge in [0.25, 0.3) is 0 Å². The Morgan fingerprint density at radius 1 is 0.878 bits per heavy atom. The Morgan fingerprint density at radius 3 is 2.32 bits per heavy atom. The molecule has 0 amide bonds. The number of aromatic hydroxyl groups is 1. The molecule has 1 aliphatic carbocycles. The number of likely N-dealkylation sites (N-methyl/N-ethyl adjacent to an activating group) is 1. The van der Waals surface area contributed by atoms with E-state index < -0.39 is 0 Å². The van der Waals surface area contributed by atoms with Crippen LogP contribution in [0.3, 0.4) is 0 Å². The molecule has 0 radical (unpaired) electrons. The largest absolute Gasteiger partial charge is 0.508 e. The van der Waals surface area contributed by atoms with Gasteiger partial charge in [-0.05, 0) is 98.7 Å². The molecule has 0 aliphatic heterocycles. The molecule has 0 heterocycles. The number of benzene rings is 3. The van der Waals surface area contributed by atoms with E-state index in [-0.39, 0.29) is 0 Å². The van der Waals surface area contributed by atoms with Crippen molar-refractivity contribution in [1.29, 1.82) is 0 Å². The summed E-state index contributed by atoms with van der Waals surface area (Å²) >= 11 is 0. The number of anilines is 1. The summed E-state index contributed by atoms with van der Waals surface area (Å²) in [5.74, 6) is 3.06. The Kier molecular flexibility index (Phi) is 11.2. The molecule has 1 aliphatic rings. The monoisotopic (exact) mass is 562 g/mol. The molecule has 0 unspecified atom stereocenters. The van der Waals surface area contributed by atoms with E-state index in [1.807, 2.05) is 13.0 Å². The number of fused-ring (bicyclic) bond motifs is 1. The van der Waals surface area contributed by atoms with Crippen molar-refractivity contribution in [3.8, 4) is 23.0 Å². The fraction of sp³-hybridized carbons (Fsp3) is 0.471. The second kappa shape index (κ2) is 15.0. The van der Waals surface area contributed by atoms with E-state index >= 15 is 0 Å². The van der Waals surface area contributed by atoms with Crippen molar-refractivity contribution in [2.45, 2.75) is 45.6 Å². The lowest BCUT2D eigenvalue weighted by atomic mass is 9.79. The summed E-state index contributed by atoms with van der Waals surface area (Å²) in [6.07, 6.45) is 2.89. The summed E-state index contributed by atoms with van der Waals surface area (Å²) in [7, 11) is 5.47. The number of phenols is 1. The van der Waals surface area contributed by atoms with Gasteiger partial charge < -0.3 is 33.9 Å². The number of aryl methyl sites for hydroxylation is 1. The fourth-order valence-electron chi connectivity index (χ4n) is 5.57. The second-order valence-electron chi connectivity index (χ2n) is 10.7. The molecule has 7 heteroatoms. The first-order valence-electron chi connectivity index (χ1n) is 14.7. The highest BCUT2D eigenvalue weighted by atomic mass is 16.5. The molecular weight excluding hydrogens is 516 g/mol. The maximum atomic E-state index is 9.95. The number of methoxy groups -OCH3 is 2. The van der Waals surface area contributed by atoms with Crippen LogP contribution in [-0.2, 0) is 24.1 Å². The normalized spacial score (nSPS) is 14.5. The lowest BCUT2D eigenvalue weighted by Crippen LogP contribution is -2.27. The number of nitrogens with zero attached hydrogens (tertiary/aromatic N) is 2. The van der Waals surface area contributed by atoms with Gasteiger partial charge in [0.2, 0.25) is 0 Å². The maximum absolute atomic E-state index is 9.95. The minimum absolute atomic E-state index is 0.340. The molecule has 0 saturated carbocycles. The number of phenolic OH excluding ortho intramolecular Hbond substituents is 1. The first kappa shape index (κ1) is 30.5. The molecule has 0 saturated heterocycles. The minimum Gasteiger partial charge on any atom is -0.508 e. The van der Waals surface area contributed by atoms with Gasteiger partial charge in [0.1, 0.15) is 18.1 Å². The molecular formula is C34H46N2O5. The molecule has 7 nitrogen and oxygen atoms in total. The van der Waals surface area contributed by atoms with Crippen LogP contribution in [0.5, 0.6) is 23.0 Å². The van der Waals surface area contributed by atoms with E-state index in [1.165, 1.54) is 27.9 Å². The molecule has 3 aromatic carbocycles. The Bertz CT molecular complexity index is 1250. The van der Waals surface area contributed by atoms with Crippen LogP contribution in [0, 0.1) is 0 Å². The van der Waals surface area contributed by atoms with E-state index in [1.54, 1.807) is 20.3 Å². The molecule has 3 aromatic rings. The number of ether oxygens (including phenoxy) is 4. The third-order valence-corrected chi connectivity index (χ3v) is 7.97. The third-order valence-electron chi connectivity index (χ3n) is 7.97. The second-order valence-corrected chi connectivity index (χ2v) is 10.7. The van der Waals surface area contributed by atoms with Crippen LogP contribution in [0.15, 0.2) is 54.6 Å². The molecule has 0 spiro atoms. The van der Waals surface area contributed by atoms with Crippen molar-refractivity contribution < 1.29 is 24.1 Å². The summed E-state index contributed by atoms with van der Waals surface area (Å²) in [6, 6.07) is 18.5. The predicted molar refractivity (Wildman–Crippen MR) is 165 cm³/mol. The van der Waals surface area contributed by atoms with Crippen LogP contribution < -0.4 is 19.1 Å². The maximum Gasteiger partial charge on any atom is 0.162 e. The molecule has 0 bridgehead atoms. The standard InChI is InChI=1S/C34H46N2O5/c1-6-36(24-25-8-14-30(15-9-25)41-19-17-35(3)16-18-40-7-2)32-23-34(39-5)33(38-4)22-31(32)28-11-10-27-21-29(37)13-12-26(27)20-28/h8-9,12-15,21-23,28,37H,6-7,10-11,16-20,24H2,1-5H3/t28-/m1/s1. The number of hydrogen-bond donors (Lipinski definition) is 1. The Labute approximate surface area is 245 Å². The van der Waals surface area contributed by atoms with Crippen LogP contribution in [0.2, 0.25) is 0 Å². The van der Waals surface area contributed by atoms with Gasteiger partial charge in [0.15, 0.2) is 11.5 Å². The van der Waals surface area contributed by atoms with Crippen molar-refractivity contribution in [3.05, 3.63) is 76.9 Å². The Hall–Kier alpha value is -3.42. The van der Waals surface area contributed by atoms with E-state index in [4.69, 9.17) is 18.9 Å². The Balaban J connectivity index is 1.48. The van der Waals surface area contributed by atoms with Crippen molar-refractivity contribution in [1.82, 2.24) is 4.90 Å². The molecule has 0 fully saturated rings. The van der Waals surface area contributed by atoms with Crippen LogP contribution in [0.25, 0.3) is 0 Å². The summed E-state index contributed by atoms with van der Waals surface area (Å²) in [4.78, 5) is 4.63. The van der Waals surface area contributed by atoms with Gasteiger partial charge in [0, 0.05) is 44.5 Å². The van der Waals surface area contributed by atoms with Crippen molar-refractivity contribution in [2.75, 3.05) is 65.6 Å². The number of rotatable bonds is 15. The van der Waals surface area contributed by atoms with Gasteiger partial charge in [0.05, 0.1) is 20.8 Å². The zero-order chi connectivity index (χ0) is 29.2.